The molecule has 2 rings (SSSR count). The number of hydrogen-bond donors (Lipinski definition) is 1. The molecule has 1 aliphatic heterocycles. The zero-order chi connectivity index (χ0) is 27.0. The Bertz CT molecular complexity index is 835. The Morgan fingerprint density at radius 2 is 1.54 bits per heavy atom. The van der Waals surface area contributed by atoms with Gasteiger partial charge in [0.15, 0.2) is 0 Å². The second-order valence-electron chi connectivity index (χ2n) is 12.8. The fraction of sp³-hybridized carbons (Fsp3) is 0.846. The van der Waals surface area contributed by atoms with E-state index < -0.39 is 40.6 Å². The summed E-state index contributed by atoms with van der Waals surface area (Å²) in [5.41, 5.74) is -3.13. The minimum absolute atomic E-state index is 0.0625. The Kier molecular flexibility index (Phi) is 8.24. The lowest BCUT2D eigenvalue weighted by Crippen LogP contribution is -2.55. The summed E-state index contributed by atoms with van der Waals surface area (Å²) in [7, 11) is 0. The van der Waals surface area contributed by atoms with Gasteiger partial charge in [-0.2, -0.15) is 0 Å². The lowest BCUT2D eigenvalue weighted by atomic mass is 9.74. The van der Waals surface area contributed by atoms with Crippen molar-refractivity contribution in [2.45, 2.75) is 118 Å². The molecule has 0 aromatic rings. The molecule has 1 heterocycles. The first-order chi connectivity index (χ1) is 15.8. The number of nitrogens with zero attached hydrogens (tertiary/aromatic N) is 2. The van der Waals surface area contributed by atoms with Gasteiger partial charge in [0.2, 0.25) is 5.91 Å². The van der Waals surface area contributed by atoms with Crippen LogP contribution in [0, 0.1) is 10.8 Å². The van der Waals surface area contributed by atoms with Crippen molar-refractivity contribution >= 4 is 23.9 Å². The summed E-state index contributed by atoms with van der Waals surface area (Å²) in [4.78, 5) is 53.8. The largest absolute Gasteiger partial charge is 0.480 e. The monoisotopic (exact) mass is 496 g/mol. The molecule has 0 aromatic carbocycles. The van der Waals surface area contributed by atoms with Crippen molar-refractivity contribution in [1.82, 2.24) is 9.80 Å². The molecule has 0 unspecified atom stereocenters. The molecule has 9 nitrogen and oxygen atoms in total. The van der Waals surface area contributed by atoms with E-state index in [-0.39, 0.29) is 36.9 Å². The number of esters is 1. The van der Waals surface area contributed by atoms with Crippen molar-refractivity contribution in [2.75, 3.05) is 13.2 Å². The SMILES string of the molecule is CC(=O)OCC(C)(C)C(=O)N(C1CCC(C)(C)CC1)[C@@H]1CN(C(=O)OC(C)(C)C)[C@](C)(C(=O)O)C1. The number of carbonyl (C=O) groups excluding carboxylic acids is 3. The average Bonchev–Trinajstić information content (AvgIpc) is 3.05. The summed E-state index contributed by atoms with van der Waals surface area (Å²) in [5.74, 6) is -1.80. The van der Waals surface area contributed by atoms with E-state index in [2.05, 4.69) is 13.8 Å². The molecule has 0 spiro atoms. The molecule has 9 heteroatoms. The van der Waals surface area contributed by atoms with E-state index in [0.717, 1.165) is 25.7 Å². The maximum Gasteiger partial charge on any atom is 0.411 e. The zero-order valence-corrected chi connectivity index (χ0v) is 22.9. The molecule has 2 aliphatic rings. The number of carbonyl (C=O) groups is 4. The Morgan fingerprint density at radius 3 is 2.00 bits per heavy atom. The molecule has 1 saturated carbocycles. The molecule has 200 valence electrons. The van der Waals surface area contributed by atoms with Crippen molar-refractivity contribution in [3.63, 3.8) is 0 Å². The highest BCUT2D eigenvalue weighted by molar-refractivity contribution is 5.87. The molecular weight excluding hydrogens is 452 g/mol. The van der Waals surface area contributed by atoms with Gasteiger partial charge in [0, 0.05) is 25.9 Å². The lowest BCUT2D eigenvalue weighted by molar-refractivity contribution is -0.156. The van der Waals surface area contributed by atoms with Gasteiger partial charge in [-0.3, -0.25) is 14.5 Å². The van der Waals surface area contributed by atoms with Gasteiger partial charge >= 0.3 is 18.0 Å². The standard InChI is InChI=1S/C26H44N2O7/c1-17(29)34-16-25(7,8)20(30)28(18-10-12-24(5,6)13-11-18)19-14-26(9,21(31)32)27(15-19)22(33)35-23(2,3)4/h18-19H,10-16H2,1-9H3,(H,31,32)/t19-,26-/m0/s1. The van der Waals surface area contributed by atoms with E-state index in [9.17, 15) is 24.3 Å². The fourth-order valence-corrected chi connectivity index (χ4v) is 5.01. The third-order valence-electron chi connectivity index (χ3n) is 7.24. The van der Waals surface area contributed by atoms with Crippen LogP contribution in [0.4, 0.5) is 4.79 Å². The number of rotatable bonds is 6. The molecule has 0 bridgehead atoms. The number of likely N-dealkylation sites (tertiary alicyclic amines) is 1. The molecule has 0 aromatic heterocycles. The fourth-order valence-electron chi connectivity index (χ4n) is 5.01. The van der Waals surface area contributed by atoms with E-state index in [4.69, 9.17) is 9.47 Å². The Balaban J connectivity index is 2.43. The molecule has 35 heavy (non-hydrogen) atoms. The number of carboxylic acids is 1. The first-order valence-corrected chi connectivity index (χ1v) is 12.5. The Labute approximate surface area is 209 Å². The molecular formula is C26H44N2O7. The second-order valence-corrected chi connectivity index (χ2v) is 12.8. The first-order valence-electron chi connectivity index (χ1n) is 12.5. The highest BCUT2D eigenvalue weighted by atomic mass is 16.6. The van der Waals surface area contributed by atoms with Gasteiger partial charge in [-0.05, 0) is 72.6 Å². The van der Waals surface area contributed by atoms with Crippen molar-refractivity contribution in [3.05, 3.63) is 0 Å². The lowest BCUT2D eigenvalue weighted by Gasteiger charge is -2.45. The summed E-state index contributed by atoms with van der Waals surface area (Å²) in [6.07, 6.45) is 2.83. The molecule has 1 aliphatic carbocycles. The van der Waals surface area contributed by atoms with Crippen molar-refractivity contribution in [2.24, 2.45) is 10.8 Å². The third-order valence-corrected chi connectivity index (χ3v) is 7.24. The van der Waals surface area contributed by atoms with Gasteiger partial charge in [0.25, 0.3) is 0 Å². The molecule has 2 atom stereocenters. The predicted octanol–water partition coefficient (Wildman–Crippen LogP) is 4.23. The number of amides is 2. The van der Waals surface area contributed by atoms with Gasteiger partial charge in [0.1, 0.15) is 17.7 Å². The van der Waals surface area contributed by atoms with Crippen LogP contribution >= 0.6 is 0 Å². The summed E-state index contributed by atoms with van der Waals surface area (Å²) < 4.78 is 10.7. The van der Waals surface area contributed by atoms with Crippen LogP contribution in [0.5, 0.6) is 0 Å². The van der Waals surface area contributed by atoms with Gasteiger partial charge in [-0.1, -0.05) is 13.8 Å². The van der Waals surface area contributed by atoms with Crippen molar-refractivity contribution in [1.29, 1.82) is 0 Å². The van der Waals surface area contributed by atoms with Crippen LogP contribution in [0.15, 0.2) is 0 Å². The maximum atomic E-state index is 14.0. The van der Waals surface area contributed by atoms with Crippen LogP contribution in [0.1, 0.15) is 94.4 Å². The molecule has 1 saturated heterocycles. The maximum absolute atomic E-state index is 14.0. The van der Waals surface area contributed by atoms with Crippen LogP contribution in [-0.4, -0.2) is 75.2 Å². The molecule has 2 fully saturated rings. The van der Waals surface area contributed by atoms with Gasteiger partial charge < -0.3 is 19.5 Å². The molecule has 2 amide bonds. The highest BCUT2D eigenvalue weighted by Gasteiger charge is 2.55. The predicted molar refractivity (Wildman–Crippen MR) is 131 cm³/mol. The van der Waals surface area contributed by atoms with E-state index in [1.165, 1.54) is 18.7 Å². The van der Waals surface area contributed by atoms with Crippen LogP contribution in [-0.2, 0) is 23.9 Å². The number of carboxylic acid groups (broad SMARTS) is 1. The number of aliphatic carboxylic acids is 1. The second kappa shape index (κ2) is 9.97. The third kappa shape index (κ3) is 6.88. The van der Waals surface area contributed by atoms with E-state index in [0.29, 0.717) is 0 Å². The Morgan fingerprint density at radius 1 is 1.00 bits per heavy atom. The van der Waals surface area contributed by atoms with Crippen LogP contribution in [0.3, 0.4) is 0 Å². The van der Waals surface area contributed by atoms with Crippen LogP contribution < -0.4 is 0 Å². The number of hydrogen-bond acceptors (Lipinski definition) is 6. The topological polar surface area (TPSA) is 113 Å². The summed E-state index contributed by atoms with van der Waals surface area (Å²) >= 11 is 0. The van der Waals surface area contributed by atoms with Gasteiger partial charge in [-0.25, -0.2) is 9.59 Å². The quantitative estimate of drug-likeness (QED) is 0.548. The summed E-state index contributed by atoms with van der Waals surface area (Å²) in [6.45, 7) is 15.9. The first kappa shape index (κ1) is 28.9. The summed E-state index contributed by atoms with van der Waals surface area (Å²) in [6, 6.07) is -0.590. The van der Waals surface area contributed by atoms with E-state index in [1.54, 1.807) is 39.5 Å². The molecule has 0 radical (unpaired) electrons. The van der Waals surface area contributed by atoms with Crippen LogP contribution in [0.25, 0.3) is 0 Å². The molecule has 1 N–H and O–H groups in total. The van der Waals surface area contributed by atoms with E-state index in [1.807, 2.05) is 0 Å². The average molecular weight is 497 g/mol. The normalized spacial score (nSPS) is 25.2. The van der Waals surface area contributed by atoms with Gasteiger partial charge in [0.05, 0.1) is 11.5 Å². The number of ether oxygens (including phenoxy) is 2. The van der Waals surface area contributed by atoms with Crippen molar-refractivity contribution < 1.29 is 33.8 Å². The summed E-state index contributed by atoms with van der Waals surface area (Å²) in [5, 5.41) is 10.1. The Hall–Kier alpha value is -2.32. The zero-order valence-electron chi connectivity index (χ0n) is 22.9. The highest BCUT2D eigenvalue weighted by Crippen LogP contribution is 2.42. The van der Waals surface area contributed by atoms with Crippen LogP contribution in [0.2, 0.25) is 0 Å². The van der Waals surface area contributed by atoms with Gasteiger partial charge in [-0.15, -0.1) is 0 Å². The minimum Gasteiger partial charge on any atom is -0.480 e. The minimum atomic E-state index is -1.51. The van der Waals surface area contributed by atoms with E-state index >= 15 is 0 Å². The smallest absolute Gasteiger partial charge is 0.411 e. The van der Waals surface area contributed by atoms with Crippen molar-refractivity contribution in [3.8, 4) is 0 Å².